The molecule has 0 saturated carbocycles. The Morgan fingerprint density at radius 3 is 2.31 bits per heavy atom. The van der Waals surface area contributed by atoms with Crippen LogP contribution in [-0.2, 0) is 11.2 Å². The van der Waals surface area contributed by atoms with Crippen molar-refractivity contribution in [2.75, 3.05) is 13.1 Å². The molecular formula is C14H21NO. The number of benzene rings is 1. The molecule has 0 fully saturated rings. The summed E-state index contributed by atoms with van der Waals surface area (Å²) in [6, 6.07) is 8.18. The maximum atomic E-state index is 11.9. The van der Waals surface area contributed by atoms with Crippen LogP contribution >= 0.6 is 0 Å². The first-order valence-electron chi connectivity index (χ1n) is 6.00. The van der Waals surface area contributed by atoms with E-state index in [0.29, 0.717) is 6.42 Å². The van der Waals surface area contributed by atoms with Gasteiger partial charge in [0, 0.05) is 13.1 Å². The van der Waals surface area contributed by atoms with Crippen molar-refractivity contribution in [1.82, 2.24) is 4.90 Å². The summed E-state index contributed by atoms with van der Waals surface area (Å²) < 4.78 is 0. The van der Waals surface area contributed by atoms with Gasteiger partial charge in [0.1, 0.15) is 0 Å². The van der Waals surface area contributed by atoms with Crippen molar-refractivity contribution < 1.29 is 4.79 Å². The Balaban J connectivity index is 2.59. The molecule has 88 valence electrons. The Hall–Kier alpha value is -1.31. The van der Waals surface area contributed by atoms with Crippen molar-refractivity contribution in [2.24, 2.45) is 0 Å². The molecular weight excluding hydrogens is 198 g/mol. The zero-order chi connectivity index (χ0) is 12.0. The van der Waals surface area contributed by atoms with Crippen LogP contribution in [0.4, 0.5) is 0 Å². The van der Waals surface area contributed by atoms with Crippen molar-refractivity contribution in [1.29, 1.82) is 0 Å². The summed E-state index contributed by atoms with van der Waals surface area (Å²) in [6.07, 6.45) is 1.54. The molecule has 2 heteroatoms. The van der Waals surface area contributed by atoms with Gasteiger partial charge in [-0.25, -0.2) is 0 Å². The minimum atomic E-state index is 0.230. The molecule has 0 aromatic heterocycles. The summed E-state index contributed by atoms with van der Waals surface area (Å²) in [5.41, 5.74) is 2.34. The predicted octanol–water partition coefficient (Wildman–Crippen LogP) is 2.80. The number of carbonyl (C=O) groups is 1. The maximum absolute atomic E-state index is 11.9. The Morgan fingerprint density at radius 2 is 1.81 bits per heavy atom. The number of amides is 1. The highest BCUT2D eigenvalue weighted by Gasteiger charge is 2.10. The summed E-state index contributed by atoms with van der Waals surface area (Å²) in [6.45, 7) is 7.85. The van der Waals surface area contributed by atoms with Gasteiger partial charge in [-0.3, -0.25) is 4.79 Å². The molecule has 0 spiro atoms. The Bertz CT molecular complexity index is 329. The van der Waals surface area contributed by atoms with Crippen molar-refractivity contribution in [3.8, 4) is 0 Å². The van der Waals surface area contributed by atoms with Gasteiger partial charge in [0.25, 0.3) is 0 Å². The van der Waals surface area contributed by atoms with Crippen LogP contribution < -0.4 is 0 Å². The highest BCUT2D eigenvalue weighted by molar-refractivity contribution is 5.78. The largest absolute Gasteiger partial charge is 0.343 e. The summed E-state index contributed by atoms with van der Waals surface area (Å²) in [7, 11) is 0. The monoisotopic (exact) mass is 219 g/mol. The lowest BCUT2D eigenvalue weighted by atomic mass is 10.1. The van der Waals surface area contributed by atoms with Crippen molar-refractivity contribution >= 4 is 5.91 Å². The van der Waals surface area contributed by atoms with Gasteiger partial charge < -0.3 is 4.90 Å². The van der Waals surface area contributed by atoms with E-state index in [2.05, 4.69) is 26.0 Å². The van der Waals surface area contributed by atoms with E-state index in [1.54, 1.807) is 0 Å². The SMILES string of the molecule is CCCN(CC)C(=O)Cc1ccc(C)cc1. The molecule has 1 rings (SSSR count). The lowest BCUT2D eigenvalue weighted by Crippen LogP contribution is -2.32. The van der Waals surface area contributed by atoms with Crippen LogP contribution in [0.5, 0.6) is 0 Å². The lowest BCUT2D eigenvalue weighted by Gasteiger charge is -2.20. The van der Waals surface area contributed by atoms with E-state index in [9.17, 15) is 4.79 Å². The molecule has 1 aromatic carbocycles. The van der Waals surface area contributed by atoms with Crippen LogP contribution in [0.2, 0.25) is 0 Å². The number of carbonyl (C=O) groups excluding carboxylic acids is 1. The highest BCUT2D eigenvalue weighted by Crippen LogP contribution is 2.06. The fourth-order valence-corrected chi connectivity index (χ4v) is 1.72. The summed E-state index contributed by atoms with van der Waals surface area (Å²) >= 11 is 0. The second-order valence-electron chi connectivity index (χ2n) is 4.14. The Labute approximate surface area is 98.3 Å². The summed E-state index contributed by atoms with van der Waals surface area (Å²) in [5.74, 6) is 0.230. The molecule has 0 atom stereocenters. The average Bonchev–Trinajstić information content (AvgIpc) is 2.29. The second-order valence-corrected chi connectivity index (χ2v) is 4.14. The predicted molar refractivity (Wildman–Crippen MR) is 67.4 cm³/mol. The number of rotatable bonds is 5. The van der Waals surface area contributed by atoms with Crippen molar-refractivity contribution in [2.45, 2.75) is 33.6 Å². The van der Waals surface area contributed by atoms with E-state index in [0.717, 1.165) is 25.1 Å². The van der Waals surface area contributed by atoms with E-state index in [4.69, 9.17) is 0 Å². The number of nitrogens with zero attached hydrogens (tertiary/aromatic N) is 1. The lowest BCUT2D eigenvalue weighted by molar-refractivity contribution is -0.130. The molecule has 0 aliphatic heterocycles. The first-order valence-corrected chi connectivity index (χ1v) is 6.00. The van der Waals surface area contributed by atoms with Crippen LogP contribution in [0.25, 0.3) is 0 Å². The highest BCUT2D eigenvalue weighted by atomic mass is 16.2. The van der Waals surface area contributed by atoms with Gasteiger partial charge in [-0.15, -0.1) is 0 Å². The molecule has 2 nitrogen and oxygen atoms in total. The molecule has 0 unspecified atom stereocenters. The topological polar surface area (TPSA) is 20.3 Å². The molecule has 16 heavy (non-hydrogen) atoms. The van der Waals surface area contributed by atoms with E-state index >= 15 is 0 Å². The van der Waals surface area contributed by atoms with Gasteiger partial charge in [-0.1, -0.05) is 36.8 Å². The minimum Gasteiger partial charge on any atom is -0.343 e. The number of hydrogen-bond donors (Lipinski definition) is 0. The van der Waals surface area contributed by atoms with E-state index in [1.165, 1.54) is 5.56 Å². The Morgan fingerprint density at radius 1 is 1.19 bits per heavy atom. The molecule has 0 bridgehead atoms. The first-order chi connectivity index (χ1) is 7.67. The summed E-state index contributed by atoms with van der Waals surface area (Å²) in [5, 5.41) is 0. The number of aryl methyl sites for hydroxylation is 1. The molecule has 0 aliphatic carbocycles. The zero-order valence-electron chi connectivity index (χ0n) is 10.5. The van der Waals surface area contributed by atoms with Gasteiger partial charge >= 0.3 is 0 Å². The third-order valence-electron chi connectivity index (χ3n) is 2.70. The second kappa shape index (κ2) is 6.31. The van der Waals surface area contributed by atoms with E-state index < -0.39 is 0 Å². The smallest absolute Gasteiger partial charge is 0.226 e. The standard InChI is InChI=1S/C14H21NO/c1-4-10-15(5-2)14(16)11-13-8-6-12(3)7-9-13/h6-9H,4-5,10-11H2,1-3H3. The van der Waals surface area contributed by atoms with Gasteiger partial charge in [-0.05, 0) is 25.8 Å². The van der Waals surface area contributed by atoms with Crippen LogP contribution in [-0.4, -0.2) is 23.9 Å². The van der Waals surface area contributed by atoms with Crippen LogP contribution in [0.15, 0.2) is 24.3 Å². The van der Waals surface area contributed by atoms with Crippen molar-refractivity contribution in [3.05, 3.63) is 35.4 Å². The van der Waals surface area contributed by atoms with Gasteiger partial charge in [0.15, 0.2) is 0 Å². The fraction of sp³-hybridized carbons (Fsp3) is 0.500. The third kappa shape index (κ3) is 3.69. The van der Waals surface area contributed by atoms with Crippen molar-refractivity contribution in [3.63, 3.8) is 0 Å². The van der Waals surface area contributed by atoms with Crippen LogP contribution in [0.3, 0.4) is 0 Å². The molecule has 0 saturated heterocycles. The van der Waals surface area contributed by atoms with Crippen LogP contribution in [0.1, 0.15) is 31.4 Å². The molecule has 0 heterocycles. The summed E-state index contributed by atoms with van der Waals surface area (Å²) in [4.78, 5) is 13.9. The third-order valence-corrected chi connectivity index (χ3v) is 2.70. The van der Waals surface area contributed by atoms with Crippen LogP contribution in [0, 0.1) is 6.92 Å². The van der Waals surface area contributed by atoms with E-state index in [1.807, 2.05) is 24.0 Å². The Kier molecular flexibility index (Phi) is 5.03. The van der Waals surface area contributed by atoms with Gasteiger partial charge in [0.05, 0.1) is 6.42 Å². The quantitative estimate of drug-likeness (QED) is 0.745. The normalized spacial score (nSPS) is 10.2. The van der Waals surface area contributed by atoms with Gasteiger partial charge in [0.2, 0.25) is 5.91 Å². The average molecular weight is 219 g/mol. The van der Waals surface area contributed by atoms with E-state index in [-0.39, 0.29) is 5.91 Å². The molecule has 0 aliphatic rings. The molecule has 1 aromatic rings. The maximum Gasteiger partial charge on any atom is 0.226 e. The molecule has 1 amide bonds. The zero-order valence-corrected chi connectivity index (χ0v) is 10.5. The number of likely N-dealkylation sites (N-methyl/N-ethyl adjacent to an activating group) is 1. The minimum absolute atomic E-state index is 0.230. The molecule has 0 N–H and O–H groups in total. The van der Waals surface area contributed by atoms with Gasteiger partial charge in [-0.2, -0.15) is 0 Å². The molecule has 0 radical (unpaired) electrons. The first kappa shape index (κ1) is 12.8. The fourth-order valence-electron chi connectivity index (χ4n) is 1.72. The number of hydrogen-bond acceptors (Lipinski definition) is 1.